The standard InChI is InChI=1S/C33H18F3N5.Pt/c34-33(35,36)21-14-16-37-32(18-21)41-29-9-4-2-7-25(29)27-13-11-23(20-31(27)41)40-28-8-3-1-6-24(28)26-12-10-22(19-30(26)40)39-17-5-15-38-39;/h1-18H;/q-2;+4. The molecule has 9 heteroatoms. The Bertz CT molecular complexity index is 2260. The molecule has 8 aromatic rings. The maximum Gasteiger partial charge on any atom is 4.00 e. The van der Waals surface area contributed by atoms with Crippen LogP contribution in [0.5, 0.6) is 0 Å². The average Bonchev–Trinajstić information content (AvgIpc) is 3.71. The molecule has 0 unspecified atom stereocenters. The minimum atomic E-state index is -4.49. The quantitative estimate of drug-likeness (QED) is 0.172. The number of benzene rings is 4. The van der Waals surface area contributed by atoms with Crippen molar-refractivity contribution in [2.45, 2.75) is 6.18 Å². The van der Waals surface area contributed by atoms with E-state index in [-0.39, 0.29) is 26.9 Å². The Balaban J connectivity index is 0.00000288. The molecule has 0 N–H and O–H groups in total. The third kappa shape index (κ3) is 3.97. The summed E-state index contributed by atoms with van der Waals surface area (Å²) in [7, 11) is 0. The molecule has 5 nitrogen and oxygen atoms in total. The Morgan fingerprint density at radius 1 is 0.619 bits per heavy atom. The van der Waals surface area contributed by atoms with Crippen molar-refractivity contribution in [1.82, 2.24) is 23.9 Å². The molecule has 0 bridgehead atoms. The van der Waals surface area contributed by atoms with Gasteiger partial charge in [0.1, 0.15) is 5.82 Å². The molecule has 8 rings (SSSR count). The zero-order valence-corrected chi connectivity index (χ0v) is 23.9. The van der Waals surface area contributed by atoms with Crippen molar-refractivity contribution in [3.8, 4) is 17.2 Å². The van der Waals surface area contributed by atoms with Gasteiger partial charge in [-0.1, -0.05) is 53.1 Å². The fraction of sp³-hybridized carbons (Fsp3) is 0.0303. The second-order valence-corrected chi connectivity index (χ2v) is 9.77. The summed E-state index contributed by atoms with van der Waals surface area (Å²) >= 11 is 0. The summed E-state index contributed by atoms with van der Waals surface area (Å²) in [5.41, 5.74) is 3.94. The van der Waals surface area contributed by atoms with E-state index in [0.29, 0.717) is 5.52 Å². The van der Waals surface area contributed by atoms with Crippen molar-refractivity contribution in [1.29, 1.82) is 0 Å². The van der Waals surface area contributed by atoms with E-state index in [4.69, 9.17) is 0 Å². The van der Waals surface area contributed by atoms with Crippen molar-refractivity contribution in [3.05, 3.63) is 127 Å². The zero-order valence-electron chi connectivity index (χ0n) is 21.6. The third-order valence-electron chi connectivity index (χ3n) is 7.43. The first-order valence-corrected chi connectivity index (χ1v) is 12.9. The molecule has 0 aliphatic carbocycles. The van der Waals surface area contributed by atoms with Crippen LogP contribution in [0.1, 0.15) is 5.56 Å². The Morgan fingerprint density at radius 3 is 1.90 bits per heavy atom. The number of fused-ring (bicyclic) bond motifs is 6. The third-order valence-corrected chi connectivity index (χ3v) is 7.43. The van der Waals surface area contributed by atoms with Crippen LogP contribution in [0.2, 0.25) is 0 Å². The fourth-order valence-corrected chi connectivity index (χ4v) is 5.64. The van der Waals surface area contributed by atoms with Crippen LogP contribution in [0.4, 0.5) is 13.2 Å². The van der Waals surface area contributed by atoms with Crippen LogP contribution in [-0.4, -0.2) is 23.9 Å². The van der Waals surface area contributed by atoms with E-state index in [1.807, 2.05) is 72.9 Å². The molecule has 4 aromatic carbocycles. The van der Waals surface area contributed by atoms with Crippen LogP contribution in [0.15, 0.2) is 110 Å². The number of halogens is 3. The molecule has 0 fully saturated rings. The van der Waals surface area contributed by atoms with Gasteiger partial charge >= 0.3 is 27.2 Å². The molecule has 4 aromatic heterocycles. The van der Waals surface area contributed by atoms with Gasteiger partial charge in [-0.2, -0.15) is 30.4 Å². The summed E-state index contributed by atoms with van der Waals surface area (Å²) in [5, 5.41) is 8.20. The van der Waals surface area contributed by atoms with Gasteiger partial charge in [0.15, 0.2) is 0 Å². The number of pyridine rings is 1. The van der Waals surface area contributed by atoms with Crippen LogP contribution in [-0.2, 0) is 27.2 Å². The normalized spacial score (nSPS) is 12.0. The number of alkyl halides is 3. The van der Waals surface area contributed by atoms with Crippen molar-refractivity contribution in [3.63, 3.8) is 0 Å². The summed E-state index contributed by atoms with van der Waals surface area (Å²) in [4.78, 5) is 4.35. The Kier molecular flexibility index (Phi) is 6.06. The topological polar surface area (TPSA) is 40.6 Å². The molecular formula is C33H18F3N5Pt+2. The van der Waals surface area contributed by atoms with Crippen molar-refractivity contribution in [2.75, 3.05) is 0 Å². The number of aromatic nitrogens is 5. The molecule has 204 valence electrons. The van der Waals surface area contributed by atoms with E-state index in [1.54, 1.807) is 15.4 Å². The van der Waals surface area contributed by atoms with Gasteiger partial charge in [0.25, 0.3) is 0 Å². The van der Waals surface area contributed by atoms with Crippen LogP contribution < -0.4 is 0 Å². The fourth-order valence-electron chi connectivity index (χ4n) is 5.64. The van der Waals surface area contributed by atoms with E-state index in [1.165, 1.54) is 6.20 Å². The van der Waals surface area contributed by atoms with Gasteiger partial charge in [0.05, 0.1) is 5.56 Å². The van der Waals surface area contributed by atoms with Crippen molar-refractivity contribution >= 4 is 43.6 Å². The molecular weight excluding hydrogens is 718 g/mol. The molecule has 0 saturated carbocycles. The van der Waals surface area contributed by atoms with Crippen LogP contribution in [0.25, 0.3) is 60.8 Å². The maximum atomic E-state index is 13.7. The van der Waals surface area contributed by atoms with Gasteiger partial charge in [-0.25, -0.2) is 4.98 Å². The SMILES string of the molecule is FC(F)(F)c1ccnc(-n2c3[c-]c(-n4c5[c-]c(-n6cccn6)ccc5c5ccccc54)ccc3c3ccccc32)c1.[Pt+4]. The summed E-state index contributed by atoms with van der Waals surface area (Å²) in [5.74, 6) is 0.175. The van der Waals surface area contributed by atoms with E-state index in [9.17, 15) is 13.2 Å². The maximum absolute atomic E-state index is 13.7. The number of nitrogens with zero attached hydrogens (tertiary/aromatic N) is 5. The monoisotopic (exact) mass is 736 g/mol. The molecule has 0 saturated heterocycles. The van der Waals surface area contributed by atoms with Gasteiger partial charge in [-0.05, 0) is 46.8 Å². The van der Waals surface area contributed by atoms with Crippen LogP contribution >= 0.6 is 0 Å². The molecule has 0 atom stereocenters. The van der Waals surface area contributed by atoms with Crippen molar-refractivity contribution < 1.29 is 34.2 Å². The van der Waals surface area contributed by atoms with Gasteiger partial charge in [0, 0.05) is 29.6 Å². The largest absolute Gasteiger partial charge is 4.00 e. The van der Waals surface area contributed by atoms with E-state index >= 15 is 0 Å². The first-order chi connectivity index (χ1) is 20.0. The second kappa shape index (κ2) is 9.71. The van der Waals surface area contributed by atoms with Gasteiger partial charge in [0.2, 0.25) is 0 Å². The van der Waals surface area contributed by atoms with Gasteiger partial charge < -0.3 is 9.13 Å². The summed E-state index contributed by atoms with van der Waals surface area (Å²) < 4.78 is 46.6. The molecule has 4 heterocycles. The Morgan fingerprint density at radius 2 is 1.24 bits per heavy atom. The number of rotatable bonds is 3. The Labute approximate surface area is 251 Å². The summed E-state index contributed by atoms with van der Waals surface area (Å²) in [6.45, 7) is 0. The van der Waals surface area contributed by atoms with Gasteiger partial charge in [-0.15, -0.1) is 35.0 Å². The summed E-state index contributed by atoms with van der Waals surface area (Å²) in [6.07, 6.45) is 0.289. The van der Waals surface area contributed by atoms with E-state index in [0.717, 1.165) is 61.6 Å². The van der Waals surface area contributed by atoms with Crippen molar-refractivity contribution in [2.24, 2.45) is 0 Å². The zero-order chi connectivity index (χ0) is 27.7. The Hall–Kier alpha value is -4.68. The number of hydrogen-bond acceptors (Lipinski definition) is 2. The first kappa shape index (κ1) is 26.2. The average molecular weight is 737 g/mol. The number of para-hydroxylation sites is 2. The molecule has 0 aliphatic rings. The predicted octanol–water partition coefficient (Wildman–Crippen LogP) is 8.08. The second-order valence-electron chi connectivity index (χ2n) is 9.77. The molecule has 0 aliphatic heterocycles. The van der Waals surface area contributed by atoms with E-state index < -0.39 is 11.7 Å². The number of hydrogen-bond donors (Lipinski definition) is 0. The smallest absolute Gasteiger partial charge is 0.358 e. The molecule has 0 amide bonds. The van der Waals surface area contributed by atoms with Crippen LogP contribution in [0.3, 0.4) is 0 Å². The van der Waals surface area contributed by atoms with E-state index in [2.05, 4.69) is 38.9 Å². The first-order valence-electron chi connectivity index (χ1n) is 12.9. The predicted molar refractivity (Wildman–Crippen MR) is 153 cm³/mol. The molecule has 0 radical (unpaired) electrons. The van der Waals surface area contributed by atoms with Gasteiger partial charge in [-0.3, -0.25) is 4.68 Å². The summed E-state index contributed by atoms with van der Waals surface area (Å²) in [6, 6.07) is 34.7. The molecule has 0 spiro atoms. The van der Waals surface area contributed by atoms with Crippen LogP contribution in [0, 0.1) is 12.1 Å². The minimum Gasteiger partial charge on any atom is -0.358 e. The minimum absolute atomic E-state index is 0. The molecule has 42 heavy (non-hydrogen) atoms.